The maximum Gasteiger partial charge on any atom is 0.311 e. The van der Waals surface area contributed by atoms with E-state index in [0.717, 1.165) is 5.56 Å². The molecular weight excluding hydrogens is 289 g/mol. The quantitative estimate of drug-likeness (QED) is 0.946. The number of hydrogen-bond donors (Lipinski definition) is 1. The van der Waals surface area contributed by atoms with Crippen molar-refractivity contribution in [2.75, 3.05) is 11.4 Å². The number of amides is 1. The van der Waals surface area contributed by atoms with Crippen LogP contribution in [0.5, 0.6) is 0 Å². The summed E-state index contributed by atoms with van der Waals surface area (Å²) in [7, 11) is 0. The minimum absolute atomic E-state index is 0.125. The number of anilines is 1. The van der Waals surface area contributed by atoms with E-state index in [1.165, 1.54) is 23.3 Å². The number of benzene rings is 1. The van der Waals surface area contributed by atoms with Crippen LogP contribution in [0.1, 0.15) is 27.2 Å². The number of furan rings is 1. The van der Waals surface area contributed by atoms with Crippen molar-refractivity contribution in [3.63, 3.8) is 0 Å². The molecule has 1 N–H and O–H groups in total. The van der Waals surface area contributed by atoms with Gasteiger partial charge < -0.3 is 14.4 Å². The van der Waals surface area contributed by atoms with Gasteiger partial charge in [0.05, 0.1) is 17.5 Å². The summed E-state index contributed by atoms with van der Waals surface area (Å²) in [6, 6.07) is 4.36. The van der Waals surface area contributed by atoms with Crippen LogP contribution in [0.15, 0.2) is 28.9 Å². The van der Waals surface area contributed by atoms with Gasteiger partial charge in [0, 0.05) is 12.1 Å². The van der Waals surface area contributed by atoms with E-state index in [1.54, 1.807) is 13.0 Å². The largest absolute Gasteiger partial charge is 0.481 e. The molecule has 1 aromatic carbocycles. The van der Waals surface area contributed by atoms with Crippen molar-refractivity contribution in [1.29, 1.82) is 0 Å². The summed E-state index contributed by atoms with van der Waals surface area (Å²) in [5.74, 6) is -1.71. The molecule has 1 aliphatic rings. The van der Waals surface area contributed by atoms with Crippen LogP contribution in [0.25, 0.3) is 0 Å². The molecule has 0 saturated carbocycles. The van der Waals surface area contributed by atoms with Crippen LogP contribution in [-0.2, 0) is 17.6 Å². The molecule has 0 atom stereocenters. The lowest BCUT2D eigenvalue weighted by atomic mass is 10.1. The molecule has 0 radical (unpaired) electrons. The second-order valence-corrected chi connectivity index (χ2v) is 5.27. The van der Waals surface area contributed by atoms with Crippen molar-refractivity contribution in [3.8, 4) is 0 Å². The Balaban J connectivity index is 1.99. The third kappa shape index (κ3) is 2.36. The van der Waals surface area contributed by atoms with Crippen molar-refractivity contribution >= 4 is 17.6 Å². The molecular formula is C16H14FNO4. The number of hydrogen-bond acceptors (Lipinski definition) is 3. The highest BCUT2D eigenvalue weighted by Gasteiger charge is 2.30. The molecule has 0 bridgehead atoms. The third-order valence-corrected chi connectivity index (χ3v) is 3.76. The molecule has 1 aliphatic heterocycles. The van der Waals surface area contributed by atoms with Crippen LogP contribution < -0.4 is 4.90 Å². The Morgan fingerprint density at radius 2 is 2.18 bits per heavy atom. The van der Waals surface area contributed by atoms with E-state index >= 15 is 0 Å². The smallest absolute Gasteiger partial charge is 0.311 e. The molecule has 0 saturated heterocycles. The second-order valence-electron chi connectivity index (χ2n) is 5.27. The molecule has 5 nitrogen and oxygen atoms in total. The van der Waals surface area contributed by atoms with Crippen molar-refractivity contribution in [2.24, 2.45) is 0 Å². The molecule has 0 spiro atoms. The number of rotatable bonds is 3. The number of fused-ring (bicyclic) bond motifs is 1. The Kier molecular flexibility index (Phi) is 3.44. The summed E-state index contributed by atoms with van der Waals surface area (Å²) >= 11 is 0. The first-order chi connectivity index (χ1) is 10.5. The van der Waals surface area contributed by atoms with E-state index in [4.69, 9.17) is 9.52 Å². The van der Waals surface area contributed by atoms with Gasteiger partial charge in [-0.05, 0) is 31.0 Å². The van der Waals surface area contributed by atoms with Crippen molar-refractivity contribution < 1.29 is 23.5 Å². The van der Waals surface area contributed by atoms with Crippen LogP contribution in [0.3, 0.4) is 0 Å². The van der Waals surface area contributed by atoms with Crippen LogP contribution >= 0.6 is 0 Å². The number of halogens is 1. The number of aliphatic carboxylic acids is 1. The molecule has 2 heterocycles. The zero-order chi connectivity index (χ0) is 15.9. The van der Waals surface area contributed by atoms with Gasteiger partial charge in [-0.1, -0.05) is 6.07 Å². The fourth-order valence-electron chi connectivity index (χ4n) is 2.75. The van der Waals surface area contributed by atoms with Crippen LogP contribution in [0, 0.1) is 12.7 Å². The predicted molar refractivity (Wildman–Crippen MR) is 76.6 cm³/mol. The number of aryl methyl sites for hydroxylation is 1. The first kappa shape index (κ1) is 14.3. The monoisotopic (exact) mass is 303 g/mol. The Labute approximate surface area is 126 Å². The first-order valence-corrected chi connectivity index (χ1v) is 6.86. The second kappa shape index (κ2) is 5.29. The van der Waals surface area contributed by atoms with Gasteiger partial charge in [-0.3, -0.25) is 9.59 Å². The van der Waals surface area contributed by atoms with Gasteiger partial charge >= 0.3 is 5.97 Å². The van der Waals surface area contributed by atoms with E-state index in [2.05, 4.69) is 0 Å². The van der Waals surface area contributed by atoms with Crippen molar-refractivity contribution in [2.45, 2.75) is 19.8 Å². The molecule has 1 amide bonds. The Bertz CT molecular complexity index is 766. The Morgan fingerprint density at radius 1 is 1.41 bits per heavy atom. The summed E-state index contributed by atoms with van der Waals surface area (Å²) in [6.07, 6.45) is 1.65. The number of carboxylic acids is 1. The standard InChI is InChI=1S/C16H14FNO4/c1-9-8-22-13(7-14(19)20)15(9)16(21)18-5-4-10-2-3-11(17)6-12(10)18/h2-3,6,8H,4-5,7H2,1H3,(H,19,20). The van der Waals surface area contributed by atoms with Crippen LogP contribution in [0.2, 0.25) is 0 Å². The van der Waals surface area contributed by atoms with Crippen molar-refractivity contribution in [3.05, 3.63) is 52.7 Å². The highest BCUT2D eigenvalue weighted by atomic mass is 19.1. The molecule has 2 aromatic rings. The van der Waals surface area contributed by atoms with Gasteiger partial charge in [0.1, 0.15) is 18.0 Å². The van der Waals surface area contributed by atoms with E-state index < -0.39 is 11.8 Å². The molecule has 114 valence electrons. The average Bonchev–Trinajstić information content (AvgIpc) is 3.01. The van der Waals surface area contributed by atoms with E-state index in [-0.39, 0.29) is 23.7 Å². The zero-order valence-electron chi connectivity index (χ0n) is 11.9. The minimum atomic E-state index is -1.07. The molecule has 6 heteroatoms. The number of carbonyl (C=O) groups is 2. The highest BCUT2D eigenvalue weighted by molar-refractivity contribution is 6.09. The minimum Gasteiger partial charge on any atom is -0.481 e. The summed E-state index contributed by atoms with van der Waals surface area (Å²) in [6.45, 7) is 2.12. The molecule has 0 aliphatic carbocycles. The maximum atomic E-state index is 13.4. The van der Waals surface area contributed by atoms with Crippen LogP contribution in [-0.4, -0.2) is 23.5 Å². The first-order valence-electron chi connectivity index (χ1n) is 6.86. The molecule has 3 rings (SSSR count). The van der Waals surface area contributed by atoms with Crippen molar-refractivity contribution in [1.82, 2.24) is 0 Å². The molecule has 0 unspecified atom stereocenters. The molecule has 22 heavy (non-hydrogen) atoms. The van der Waals surface area contributed by atoms with Gasteiger partial charge in [-0.2, -0.15) is 0 Å². The average molecular weight is 303 g/mol. The highest BCUT2D eigenvalue weighted by Crippen LogP contribution is 2.31. The lowest BCUT2D eigenvalue weighted by molar-refractivity contribution is -0.136. The van der Waals surface area contributed by atoms with E-state index in [0.29, 0.717) is 24.2 Å². The Hall–Kier alpha value is -2.63. The normalized spacial score (nSPS) is 13.3. The zero-order valence-corrected chi connectivity index (χ0v) is 11.9. The van der Waals surface area contributed by atoms with E-state index in [1.807, 2.05) is 0 Å². The lowest BCUT2D eigenvalue weighted by Crippen LogP contribution is -2.30. The number of nitrogens with zero attached hydrogens (tertiary/aromatic N) is 1. The topological polar surface area (TPSA) is 70.7 Å². The maximum absolute atomic E-state index is 13.4. The predicted octanol–water partition coefficient (Wildman–Crippen LogP) is 2.56. The SMILES string of the molecule is Cc1coc(CC(=O)O)c1C(=O)N1CCc2ccc(F)cc21. The Morgan fingerprint density at radius 3 is 2.91 bits per heavy atom. The lowest BCUT2D eigenvalue weighted by Gasteiger charge is -2.17. The summed E-state index contributed by atoms with van der Waals surface area (Å²) in [4.78, 5) is 25.1. The summed E-state index contributed by atoms with van der Waals surface area (Å²) in [5, 5.41) is 8.91. The number of carboxylic acid groups (broad SMARTS) is 1. The van der Waals surface area contributed by atoms with Gasteiger partial charge in [-0.15, -0.1) is 0 Å². The van der Waals surface area contributed by atoms with Gasteiger partial charge in [0.2, 0.25) is 0 Å². The molecule has 0 fully saturated rings. The van der Waals surface area contributed by atoms with E-state index in [9.17, 15) is 14.0 Å². The third-order valence-electron chi connectivity index (χ3n) is 3.76. The van der Waals surface area contributed by atoms with Gasteiger partial charge in [0.25, 0.3) is 5.91 Å². The van der Waals surface area contributed by atoms with Crippen LogP contribution in [0.4, 0.5) is 10.1 Å². The number of carbonyl (C=O) groups excluding carboxylic acids is 1. The van der Waals surface area contributed by atoms with Gasteiger partial charge in [0.15, 0.2) is 0 Å². The fraction of sp³-hybridized carbons (Fsp3) is 0.250. The van der Waals surface area contributed by atoms with Gasteiger partial charge in [-0.25, -0.2) is 4.39 Å². The summed E-state index contributed by atoms with van der Waals surface area (Å²) in [5.41, 5.74) is 2.26. The summed E-state index contributed by atoms with van der Waals surface area (Å²) < 4.78 is 18.6. The molecule has 1 aromatic heterocycles. The fourth-order valence-corrected chi connectivity index (χ4v) is 2.75.